The van der Waals surface area contributed by atoms with Gasteiger partial charge in [0.05, 0.1) is 11.5 Å². The van der Waals surface area contributed by atoms with Gasteiger partial charge >= 0.3 is 5.97 Å². The van der Waals surface area contributed by atoms with Crippen LogP contribution in [0.2, 0.25) is 0 Å². The molecule has 72 valence electrons. The van der Waals surface area contributed by atoms with Gasteiger partial charge in [-0.05, 0) is 0 Å². The number of thioether (sulfide) groups is 1. The van der Waals surface area contributed by atoms with E-state index in [-0.39, 0.29) is 17.4 Å². The number of amides is 1. The molecule has 0 heterocycles. The quantitative estimate of drug-likeness (QED) is 0.467. The normalized spacial score (nSPS) is 8.85. The van der Waals surface area contributed by atoms with E-state index in [0.717, 1.165) is 11.8 Å². The zero-order valence-electron chi connectivity index (χ0n) is 7.08. The summed E-state index contributed by atoms with van der Waals surface area (Å²) in [6.45, 7) is 0.447. The smallest absolute Gasteiger partial charge is 0.313 e. The van der Waals surface area contributed by atoms with E-state index in [9.17, 15) is 9.59 Å². The number of aliphatic carboxylic acids is 1. The highest BCUT2D eigenvalue weighted by molar-refractivity contribution is 8.00. The van der Waals surface area contributed by atoms with Crippen LogP contribution < -0.4 is 5.32 Å². The van der Waals surface area contributed by atoms with E-state index in [1.807, 2.05) is 0 Å². The Labute approximate surface area is 81.1 Å². The maximum atomic E-state index is 10.9. The molecule has 0 fully saturated rings. The van der Waals surface area contributed by atoms with Gasteiger partial charge < -0.3 is 10.4 Å². The number of nitrogens with one attached hydrogen (secondary N) is 1. The number of carboxylic acid groups (broad SMARTS) is 1. The lowest BCUT2D eigenvalue weighted by Crippen LogP contribution is -2.26. The summed E-state index contributed by atoms with van der Waals surface area (Å²) in [6, 6.07) is 0. The minimum absolute atomic E-state index is 0.0530. The molecule has 0 aromatic heterocycles. The van der Waals surface area contributed by atoms with Crippen molar-refractivity contribution in [3.8, 4) is 12.3 Å². The van der Waals surface area contributed by atoms with Crippen LogP contribution in [0, 0.1) is 12.3 Å². The Morgan fingerprint density at radius 1 is 1.46 bits per heavy atom. The first-order valence-electron chi connectivity index (χ1n) is 3.66. The van der Waals surface area contributed by atoms with Crippen molar-refractivity contribution in [2.24, 2.45) is 0 Å². The first-order chi connectivity index (χ1) is 6.16. The Balaban J connectivity index is 3.31. The van der Waals surface area contributed by atoms with Crippen molar-refractivity contribution in [2.75, 3.05) is 18.1 Å². The molecular weight excluding hydrogens is 190 g/mol. The molecule has 0 aromatic rings. The highest BCUT2D eigenvalue weighted by Gasteiger charge is 2.02. The minimum atomic E-state index is -0.915. The number of terminal acetylenes is 1. The second-order valence-electron chi connectivity index (χ2n) is 2.19. The molecule has 0 rings (SSSR count). The Morgan fingerprint density at radius 2 is 2.15 bits per heavy atom. The van der Waals surface area contributed by atoms with Crippen LogP contribution in [0.5, 0.6) is 0 Å². The molecule has 0 spiro atoms. The maximum Gasteiger partial charge on any atom is 0.313 e. The van der Waals surface area contributed by atoms with E-state index >= 15 is 0 Å². The maximum absolute atomic E-state index is 10.9. The fourth-order valence-corrected chi connectivity index (χ4v) is 1.12. The lowest BCUT2D eigenvalue weighted by atomic mass is 10.4. The van der Waals surface area contributed by atoms with Crippen LogP contribution in [-0.4, -0.2) is 35.0 Å². The topological polar surface area (TPSA) is 66.4 Å². The molecule has 0 aliphatic carbocycles. The molecule has 0 saturated carbocycles. The van der Waals surface area contributed by atoms with Gasteiger partial charge in [0.15, 0.2) is 0 Å². The van der Waals surface area contributed by atoms with Crippen molar-refractivity contribution in [1.29, 1.82) is 0 Å². The molecule has 13 heavy (non-hydrogen) atoms. The average molecular weight is 201 g/mol. The summed E-state index contributed by atoms with van der Waals surface area (Å²) in [7, 11) is 0. The molecule has 0 unspecified atom stereocenters. The highest BCUT2D eigenvalue weighted by atomic mass is 32.2. The molecule has 0 radical (unpaired) electrons. The van der Waals surface area contributed by atoms with Crippen molar-refractivity contribution in [2.45, 2.75) is 6.42 Å². The summed E-state index contributed by atoms with van der Waals surface area (Å²) in [5.74, 6) is 1.40. The van der Waals surface area contributed by atoms with Gasteiger partial charge in [0.25, 0.3) is 0 Å². The van der Waals surface area contributed by atoms with Crippen LogP contribution in [0.4, 0.5) is 0 Å². The van der Waals surface area contributed by atoms with E-state index in [1.54, 1.807) is 0 Å². The second kappa shape index (κ2) is 7.50. The summed E-state index contributed by atoms with van der Waals surface area (Å²) in [6.07, 6.45) is 5.47. The number of hydrogen-bond acceptors (Lipinski definition) is 3. The lowest BCUT2D eigenvalue weighted by molar-refractivity contribution is -0.133. The van der Waals surface area contributed by atoms with Gasteiger partial charge in [-0.15, -0.1) is 24.1 Å². The van der Waals surface area contributed by atoms with Gasteiger partial charge in [-0.25, -0.2) is 0 Å². The number of carbonyl (C=O) groups excluding carboxylic acids is 1. The summed E-state index contributed by atoms with van der Waals surface area (Å²) in [4.78, 5) is 21.0. The van der Waals surface area contributed by atoms with E-state index in [0.29, 0.717) is 13.0 Å². The summed E-state index contributed by atoms with van der Waals surface area (Å²) in [5, 5.41) is 10.8. The van der Waals surface area contributed by atoms with Crippen LogP contribution in [0.3, 0.4) is 0 Å². The zero-order chi connectivity index (χ0) is 10.1. The number of carbonyl (C=O) groups is 2. The summed E-state index contributed by atoms with van der Waals surface area (Å²) < 4.78 is 0. The molecule has 0 aliphatic rings. The van der Waals surface area contributed by atoms with Gasteiger partial charge in [0, 0.05) is 13.0 Å². The van der Waals surface area contributed by atoms with E-state index in [4.69, 9.17) is 11.5 Å². The molecule has 0 aromatic carbocycles. The molecule has 0 aliphatic heterocycles. The summed E-state index contributed by atoms with van der Waals surface area (Å²) >= 11 is 1.06. The average Bonchev–Trinajstić information content (AvgIpc) is 2.04. The van der Waals surface area contributed by atoms with Crippen molar-refractivity contribution in [3.63, 3.8) is 0 Å². The fraction of sp³-hybridized carbons (Fsp3) is 0.500. The van der Waals surface area contributed by atoms with Crippen LogP contribution in [0.1, 0.15) is 6.42 Å². The molecule has 0 saturated heterocycles. The van der Waals surface area contributed by atoms with Crippen LogP contribution in [0.15, 0.2) is 0 Å². The van der Waals surface area contributed by atoms with E-state index in [2.05, 4.69) is 11.2 Å². The standard InChI is InChI=1S/C8H11NO3S/c1-2-3-4-9-7(10)5-13-6-8(11)12/h1H,3-6H2,(H,9,10)(H,11,12). The highest BCUT2D eigenvalue weighted by Crippen LogP contribution is 1.97. The van der Waals surface area contributed by atoms with E-state index in [1.165, 1.54) is 0 Å². The van der Waals surface area contributed by atoms with Crippen LogP contribution in [-0.2, 0) is 9.59 Å². The summed E-state index contributed by atoms with van der Waals surface area (Å²) in [5.41, 5.74) is 0. The molecule has 0 bridgehead atoms. The predicted molar refractivity (Wildman–Crippen MR) is 51.4 cm³/mol. The SMILES string of the molecule is C#CCCNC(=O)CSCC(=O)O. The van der Waals surface area contributed by atoms with Crippen LogP contribution >= 0.6 is 11.8 Å². The van der Waals surface area contributed by atoms with E-state index < -0.39 is 5.97 Å². The third-order valence-corrected chi connectivity index (χ3v) is 1.97. The molecule has 5 heteroatoms. The third kappa shape index (κ3) is 8.76. The molecule has 4 nitrogen and oxygen atoms in total. The first kappa shape index (κ1) is 11.8. The number of rotatable bonds is 6. The largest absolute Gasteiger partial charge is 0.481 e. The Morgan fingerprint density at radius 3 is 2.69 bits per heavy atom. The number of carboxylic acids is 1. The van der Waals surface area contributed by atoms with Gasteiger partial charge in [0.1, 0.15) is 0 Å². The van der Waals surface area contributed by atoms with Gasteiger partial charge in [-0.2, -0.15) is 0 Å². The Hall–Kier alpha value is -1.15. The van der Waals surface area contributed by atoms with Crippen molar-refractivity contribution < 1.29 is 14.7 Å². The Bertz CT molecular complexity index is 222. The molecular formula is C8H11NO3S. The van der Waals surface area contributed by atoms with Crippen molar-refractivity contribution in [3.05, 3.63) is 0 Å². The van der Waals surface area contributed by atoms with Gasteiger partial charge in [-0.1, -0.05) is 0 Å². The lowest BCUT2D eigenvalue weighted by Gasteiger charge is -2.00. The second-order valence-corrected chi connectivity index (χ2v) is 3.18. The minimum Gasteiger partial charge on any atom is -0.481 e. The van der Waals surface area contributed by atoms with Crippen molar-refractivity contribution in [1.82, 2.24) is 5.32 Å². The molecule has 1 amide bonds. The monoisotopic (exact) mass is 201 g/mol. The fourth-order valence-electron chi connectivity index (χ4n) is 0.556. The predicted octanol–water partition coefficient (Wildman–Crippen LogP) is -0.0563. The van der Waals surface area contributed by atoms with Gasteiger partial charge in [0.2, 0.25) is 5.91 Å². The molecule has 0 atom stereocenters. The molecule has 2 N–H and O–H groups in total. The Kier molecular flexibility index (Phi) is 6.83. The zero-order valence-corrected chi connectivity index (χ0v) is 7.89. The van der Waals surface area contributed by atoms with Crippen LogP contribution in [0.25, 0.3) is 0 Å². The van der Waals surface area contributed by atoms with Crippen molar-refractivity contribution >= 4 is 23.6 Å². The van der Waals surface area contributed by atoms with Gasteiger partial charge in [-0.3, -0.25) is 9.59 Å². The first-order valence-corrected chi connectivity index (χ1v) is 4.82. The third-order valence-electron chi connectivity index (χ3n) is 1.05. The number of hydrogen-bond donors (Lipinski definition) is 2.